The van der Waals surface area contributed by atoms with Gasteiger partial charge < -0.3 is 19.1 Å². The predicted octanol–water partition coefficient (Wildman–Crippen LogP) is 4.72. The molecule has 7 nitrogen and oxygen atoms in total. The van der Waals surface area contributed by atoms with Crippen LogP contribution in [-0.4, -0.2) is 32.5 Å². The van der Waals surface area contributed by atoms with Crippen molar-refractivity contribution < 1.29 is 26.5 Å². The number of ether oxygens (including phenoxy) is 1. The summed E-state index contributed by atoms with van der Waals surface area (Å²) in [6.07, 6.45) is 0. The van der Waals surface area contributed by atoms with Gasteiger partial charge in [0.1, 0.15) is 22.2 Å². The van der Waals surface area contributed by atoms with E-state index in [2.05, 4.69) is 5.32 Å². The molecule has 0 radical (unpaired) electrons. The van der Waals surface area contributed by atoms with E-state index in [1.54, 1.807) is 35.2 Å². The molecule has 0 atom stereocenters. The minimum atomic E-state index is -4.05. The number of urea groups is 1. The van der Waals surface area contributed by atoms with Crippen LogP contribution in [0.15, 0.2) is 77.7 Å². The molecule has 0 heterocycles. The molecule has 9 heteroatoms. The molecule has 1 N–H and O–H groups in total. The average Bonchev–Trinajstić information content (AvgIpc) is 2.79. The van der Waals surface area contributed by atoms with E-state index in [0.29, 0.717) is 11.3 Å². The molecular formula is C25H27FN2O5S. The monoisotopic (exact) mass is 486 g/mol. The molecule has 3 aromatic carbocycles. The van der Waals surface area contributed by atoms with Crippen LogP contribution in [0.5, 0.6) is 11.5 Å². The molecule has 0 fully saturated rings. The van der Waals surface area contributed by atoms with E-state index in [1.165, 1.54) is 49.6 Å². The molecule has 2 amide bonds. The van der Waals surface area contributed by atoms with Crippen LogP contribution >= 0.6 is 0 Å². The Balaban J connectivity index is 1.79. The molecule has 0 spiro atoms. The van der Waals surface area contributed by atoms with E-state index in [1.807, 2.05) is 13.8 Å². The molecule has 34 heavy (non-hydrogen) atoms. The number of amides is 2. The Hall–Kier alpha value is -3.59. The number of halogens is 1. The lowest BCUT2D eigenvalue weighted by molar-refractivity contribution is 0.189. The summed E-state index contributed by atoms with van der Waals surface area (Å²) in [7, 11) is -2.56. The molecule has 0 bridgehead atoms. The van der Waals surface area contributed by atoms with Crippen LogP contribution < -0.4 is 14.2 Å². The van der Waals surface area contributed by atoms with Crippen LogP contribution in [-0.2, 0) is 23.2 Å². The third kappa shape index (κ3) is 6.95. The number of methoxy groups -OCH3 is 1. The van der Waals surface area contributed by atoms with Crippen molar-refractivity contribution in [2.75, 3.05) is 7.11 Å². The third-order valence-corrected chi connectivity index (χ3v) is 6.07. The van der Waals surface area contributed by atoms with Gasteiger partial charge in [-0.05, 0) is 73.5 Å². The largest absolute Gasteiger partial charge is 0.497 e. The van der Waals surface area contributed by atoms with Crippen molar-refractivity contribution in [2.45, 2.75) is 37.9 Å². The fraction of sp³-hybridized carbons (Fsp3) is 0.240. The van der Waals surface area contributed by atoms with Gasteiger partial charge >= 0.3 is 16.1 Å². The van der Waals surface area contributed by atoms with Gasteiger partial charge in [-0.15, -0.1) is 0 Å². The smallest absolute Gasteiger partial charge is 0.339 e. The van der Waals surface area contributed by atoms with Crippen molar-refractivity contribution in [1.82, 2.24) is 10.2 Å². The SMILES string of the molecule is COc1ccc(S(=O)(=O)Oc2cccc(CN(Cc3ccc(F)cc3)C(=O)NC(C)C)c2)cc1. The quantitative estimate of drug-likeness (QED) is 0.443. The fourth-order valence-corrected chi connectivity index (χ4v) is 4.10. The van der Waals surface area contributed by atoms with Gasteiger partial charge in [0.25, 0.3) is 0 Å². The number of nitrogens with zero attached hydrogens (tertiary/aromatic N) is 1. The van der Waals surface area contributed by atoms with Crippen molar-refractivity contribution in [3.63, 3.8) is 0 Å². The van der Waals surface area contributed by atoms with Crippen LogP contribution in [0.1, 0.15) is 25.0 Å². The Morgan fingerprint density at radius 2 is 1.59 bits per heavy atom. The number of hydrogen-bond acceptors (Lipinski definition) is 5. The zero-order valence-corrected chi connectivity index (χ0v) is 20.0. The molecular weight excluding hydrogens is 459 g/mol. The third-order valence-electron chi connectivity index (χ3n) is 4.81. The van der Waals surface area contributed by atoms with Crippen LogP contribution in [0.25, 0.3) is 0 Å². The molecule has 0 aliphatic heterocycles. The van der Waals surface area contributed by atoms with Crippen LogP contribution in [0.2, 0.25) is 0 Å². The second-order valence-electron chi connectivity index (χ2n) is 7.95. The van der Waals surface area contributed by atoms with Crippen LogP contribution in [0.4, 0.5) is 9.18 Å². The minimum Gasteiger partial charge on any atom is -0.497 e. The highest BCUT2D eigenvalue weighted by Crippen LogP contribution is 2.23. The zero-order valence-electron chi connectivity index (χ0n) is 19.2. The Morgan fingerprint density at radius 1 is 0.941 bits per heavy atom. The first-order valence-corrected chi connectivity index (χ1v) is 12.0. The summed E-state index contributed by atoms with van der Waals surface area (Å²) in [5, 5.41) is 2.85. The highest BCUT2D eigenvalue weighted by Gasteiger charge is 2.19. The molecule has 0 unspecified atom stereocenters. The van der Waals surface area contributed by atoms with Gasteiger partial charge in [-0.2, -0.15) is 8.42 Å². The number of carbonyl (C=O) groups excluding carboxylic acids is 1. The molecule has 0 aliphatic carbocycles. The Kier molecular flexibility index (Phi) is 8.12. The summed E-state index contributed by atoms with van der Waals surface area (Å²) >= 11 is 0. The number of rotatable bonds is 9. The maximum Gasteiger partial charge on any atom is 0.339 e. The summed E-state index contributed by atoms with van der Waals surface area (Å²) in [6.45, 7) is 4.14. The van der Waals surface area contributed by atoms with E-state index in [0.717, 1.165) is 5.56 Å². The normalized spacial score (nSPS) is 11.2. The fourth-order valence-electron chi connectivity index (χ4n) is 3.18. The van der Waals surface area contributed by atoms with Gasteiger partial charge in [0.2, 0.25) is 0 Å². The average molecular weight is 487 g/mol. The number of nitrogens with one attached hydrogen (secondary N) is 1. The van der Waals surface area contributed by atoms with Crippen molar-refractivity contribution >= 4 is 16.1 Å². The molecule has 0 aromatic heterocycles. The molecule has 0 saturated carbocycles. The summed E-state index contributed by atoms with van der Waals surface area (Å²) in [6, 6.07) is 17.9. The maximum absolute atomic E-state index is 13.3. The van der Waals surface area contributed by atoms with Crippen molar-refractivity contribution in [2.24, 2.45) is 0 Å². The first-order valence-electron chi connectivity index (χ1n) is 10.6. The Bertz CT molecular complexity index is 1210. The highest BCUT2D eigenvalue weighted by molar-refractivity contribution is 7.87. The van der Waals surface area contributed by atoms with Gasteiger partial charge in [0, 0.05) is 19.1 Å². The number of benzene rings is 3. The van der Waals surface area contributed by atoms with E-state index in [4.69, 9.17) is 8.92 Å². The first-order chi connectivity index (χ1) is 16.2. The summed E-state index contributed by atoms with van der Waals surface area (Å²) in [5.41, 5.74) is 1.43. The van der Waals surface area contributed by atoms with E-state index >= 15 is 0 Å². The standard InChI is InChI=1S/C25H27FN2O5S/c1-18(2)27-25(29)28(16-19-7-9-21(26)10-8-19)17-20-5-4-6-23(15-20)33-34(30,31)24-13-11-22(32-3)12-14-24/h4-15,18H,16-17H2,1-3H3,(H,27,29). The lowest BCUT2D eigenvalue weighted by Crippen LogP contribution is -2.42. The van der Waals surface area contributed by atoms with Crippen molar-refractivity contribution in [1.29, 1.82) is 0 Å². The minimum absolute atomic E-state index is 0.00653. The van der Waals surface area contributed by atoms with Gasteiger partial charge in [-0.1, -0.05) is 24.3 Å². The van der Waals surface area contributed by atoms with E-state index in [9.17, 15) is 17.6 Å². The predicted molar refractivity (Wildman–Crippen MR) is 127 cm³/mol. The Morgan fingerprint density at radius 3 is 2.21 bits per heavy atom. The Labute approximate surface area is 199 Å². The first kappa shape index (κ1) is 25.0. The molecule has 180 valence electrons. The highest BCUT2D eigenvalue weighted by atomic mass is 32.2. The maximum atomic E-state index is 13.3. The van der Waals surface area contributed by atoms with Gasteiger partial charge in [-0.3, -0.25) is 0 Å². The zero-order chi connectivity index (χ0) is 24.7. The van der Waals surface area contributed by atoms with Crippen LogP contribution in [0, 0.1) is 5.82 Å². The molecule has 3 aromatic rings. The summed E-state index contributed by atoms with van der Waals surface area (Å²) in [4.78, 5) is 14.3. The second-order valence-corrected chi connectivity index (χ2v) is 9.49. The van der Waals surface area contributed by atoms with Gasteiger partial charge in [0.15, 0.2) is 0 Å². The number of hydrogen-bond donors (Lipinski definition) is 1. The van der Waals surface area contributed by atoms with E-state index < -0.39 is 10.1 Å². The molecule has 3 rings (SSSR count). The van der Waals surface area contributed by atoms with E-state index in [-0.39, 0.29) is 41.6 Å². The summed E-state index contributed by atoms with van der Waals surface area (Å²) < 4.78 is 49.0. The summed E-state index contributed by atoms with van der Waals surface area (Å²) in [5.74, 6) is 0.297. The molecule has 0 aliphatic rings. The number of carbonyl (C=O) groups is 1. The van der Waals surface area contributed by atoms with Gasteiger partial charge in [-0.25, -0.2) is 9.18 Å². The van der Waals surface area contributed by atoms with Crippen LogP contribution in [0.3, 0.4) is 0 Å². The van der Waals surface area contributed by atoms with Crippen molar-refractivity contribution in [3.05, 3.63) is 89.7 Å². The lowest BCUT2D eigenvalue weighted by Gasteiger charge is -2.25. The van der Waals surface area contributed by atoms with Gasteiger partial charge in [0.05, 0.1) is 7.11 Å². The lowest BCUT2D eigenvalue weighted by atomic mass is 10.1. The topological polar surface area (TPSA) is 84.9 Å². The molecule has 0 saturated heterocycles. The van der Waals surface area contributed by atoms with Crippen molar-refractivity contribution in [3.8, 4) is 11.5 Å². The second kappa shape index (κ2) is 11.0.